The van der Waals surface area contributed by atoms with Crippen LogP contribution in [0.2, 0.25) is 6.04 Å². The molecule has 0 spiro atoms. The highest BCUT2D eigenvalue weighted by Crippen LogP contribution is 2.35. The van der Waals surface area contributed by atoms with Crippen molar-refractivity contribution in [2.45, 2.75) is 141 Å². The van der Waals surface area contributed by atoms with Gasteiger partial charge in [0.25, 0.3) is 0 Å². The minimum atomic E-state index is -2.47. The van der Waals surface area contributed by atoms with Crippen LogP contribution in [0.4, 0.5) is 0 Å². The van der Waals surface area contributed by atoms with Gasteiger partial charge in [0.05, 0.1) is 0 Å². The Balaban J connectivity index is -0.00000450. The summed E-state index contributed by atoms with van der Waals surface area (Å²) in [4.78, 5) is -0.161. The Bertz CT molecular complexity index is 391. The standard InChI is InChI=1S/C26H55ClO3Si.H3N.Si/c1-7-8-9-10-11-12-13-14-15-16-17-18-19-20-22-25(2)26(3,27)23-21-24-31(28-4,29-5)30-6;;/h25H,7-24H2,1-6H3;1H3;/p+1. The molecule has 0 rings (SSSR count). The van der Waals surface area contributed by atoms with E-state index in [2.05, 4.69) is 20.8 Å². The van der Waals surface area contributed by atoms with Crippen LogP contribution in [0.3, 0.4) is 0 Å². The van der Waals surface area contributed by atoms with Gasteiger partial charge in [-0.15, -0.1) is 11.6 Å². The van der Waals surface area contributed by atoms with Gasteiger partial charge in [-0.05, 0) is 32.1 Å². The summed E-state index contributed by atoms with van der Waals surface area (Å²) in [6.07, 6.45) is 22.9. The molecule has 0 aromatic carbocycles. The number of hydrogen-bond acceptors (Lipinski definition) is 3. The molecule has 2 atom stereocenters. The van der Waals surface area contributed by atoms with Crippen molar-refractivity contribution >= 4 is 31.4 Å². The van der Waals surface area contributed by atoms with E-state index in [1.165, 1.54) is 96.3 Å². The van der Waals surface area contributed by atoms with Crippen molar-refractivity contribution in [3.05, 3.63) is 0 Å². The molecule has 0 aromatic rings. The van der Waals surface area contributed by atoms with Crippen LogP contribution in [0.5, 0.6) is 0 Å². The molecule has 0 bridgehead atoms. The fourth-order valence-electron chi connectivity index (χ4n) is 4.40. The molecule has 0 fully saturated rings. The Hall–Kier alpha value is 0.564. The van der Waals surface area contributed by atoms with Crippen LogP contribution >= 0.6 is 11.6 Å². The third-order valence-corrected chi connectivity index (χ3v) is 10.5. The maximum absolute atomic E-state index is 6.90. The molecule has 7 heteroatoms. The first-order chi connectivity index (χ1) is 14.9. The maximum atomic E-state index is 6.90. The van der Waals surface area contributed by atoms with Gasteiger partial charge in [-0.1, -0.05) is 104 Å². The summed E-state index contributed by atoms with van der Waals surface area (Å²) in [5.41, 5.74) is 0. The predicted octanol–water partition coefficient (Wildman–Crippen LogP) is 9.15. The van der Waals surface area contributed by atoms with E-state index in [0.717, 1.165) is 18.9 Å². The maximum Gasteiger partial charge on any atom is 0.500 e. The number of hydrogen-bond donors (Lipinski definition) is 1. The Labute approximate surface area is 218 Å². The largest absolute Gasteiger partial charge is 0.500 e. The first kappa shape index (κ1) is 38.1. The smallest absolute Gasteiger partial charge is 0.377 e. The summed E-state index contributed by atoms with van der Waals surface area (Å²) in [6.45, 7) is 6.79. The van der Waals surface area contributed by atoms with E-state index in [0.29, 0.717) is 5.92 Å². The minimum Gasteiger partial charge on any atom is -0.377 e. The zero-order valence-electron chi connectivity index (χ0n) is 23.4. The topological polar surface area (TPSA) is 64.2 Å². The first-order valence-corrected chi connectivity index (χ1v) is 15.5. The average Bonchev–Trinajstić information content (AvgIpc) is 2.77. The Kier molecular flexibility index (Phi) is 28.0. The van der Waals surface area contributed by atoms with Crippen molar-refractivity contribution in [1.29, 1.82) is 0 Å². The second-order valence-corrected chi connectivity index (χ2v) is 13.7. The molecule has 4 radical (unpaired) electrons. The number of unbranched alkanes of at least 4 members (excludes halogenated alkanes) is 13. The van der Waals surface area contributed by atoms with Crippen molar-refractivity contribution in [3.63, 3.8) is 0 Å². The molecule has 0 aromatic heterocycles. The summed E-state index contributed by atoms with van der Waals surface area (Å²) in [7, 11) is 2.56. The van der Waals surface area contributed by atoms with E-state index in [1.807, 2.05) is 0 Å². The highest BCUT2D eigenvalue weighted by molar-refractivity contribution is 6.60. The third kappa shape index (κ3) is 19.4. The van der Waals surface area contributed by atoms with E-state index >= 15 is 0 Å². The van der Waals surface area contributed by atoms with Gasteiger partial charge in [-0.25, -0.2) is 0 Å². The van der Waals surface area contributed by atoms with Gasteiger partial charge in [0.2, 0.25) is 0 Å². The molecular weight excluding hydrogens is 466 g/mol. The number of alkyl halides is 1. The predicted molar refractivity (Wildman–Crippen MR) is 151 cm³/mol. The molecule has 200 valence electrons. The molecule has 0 saturated heterocycles. The van der Waals surface area contributed by atoms with Gasteiger partial charge >= 0.3 is 8.80 Å². The SMILES string of the molecule is CCCCCCCCCCCCCCCCC(C)C(C)(Cl)CCC[Si](OC)(OC)OC.[NH4+].[Si]. The van der Waals surface area contributed by atoms with E-state index in [-0.39, 0.29) is 22.0 Å². The van der Waals surface area contributed by atoms with Gasteiger partial charge in [0.1, 0.15) is 0 Å². The van der Waals surface area contributed by atoms with Crippen LogP contribution in [0.25, 0.3) is 0 Å². The summed E-state index contributed by atoms with van der Waals surface area (Å²) in [6, 6.07) is 0.824. The highest BCUT2D eigenvalue weighted by atomic mass is 35.5. The van der Waals surface area contributed by atoms with E-state index in [9.17, 15) is 0 Å². The van der Waals surface area contributed by atoms with Crippen molar-refractivity contribution in [2.24, 2.45) is 5.92 Å². The minimum absolute atomic E-state index is 0. The second kappa shape index (κ2) is 24.3. The van der Waals surface area contributed by atoms with Crippen LogP contribution in [0.1, 0.15) is 130 Å². The lowest BCUT2D eigenvalue weighted by molar-refractivity contribution is 0.122. The molecule has 0 saturated carbocycles. The zero-order valence-corrected chi connectivity index (χ0v) is 26.2. The van der Waals surface area contributed by atoms with E-state index < -0.39 is 8.80 Å². The van der Waals surface area contributed by atoms with Crippen molar-refractivity contribution in [1.82, 2.24) is 6.15 Å². The van der Waals surface area contributed by atoms with Crippen LogP contribution in [-0.4, -0.2) is 46.0 Å². The third-order valence-electron chi connectivity index (χ3n) is 7.10. The van der Waals surface area contributed by atoms with Crippen molar-refractivity contribution in [2.75, 3.05) is 21.3 Å². The van der Waals surface area contributed by atoms with Crippen LogP contribution in [0, 0.1) is 5.92 Å². The van der Waals surface area contributed by atoms with E-state index in [1.54, 1.807) is 21.3 Å². The lowest BCUT2D eigenvalue weighted by atomic mass is 9.86. The van der Waals surface area contributed by atoms with Gasteiger partial charge in [0.15, 0.2) is 0 Å². The second-order valence-electron chi connectivity index (χ2n) is 9.71. The van der Waals surface area contributed by atoms with Gasteiger partial charge in [0, 0.05) is 43.2 Å². The molecule has 0 aliphatic heterocycles. The average molecular weight is 525 g/mol. The Morgan fingerprint density at radius 1 is 0.697 bits per heavy atom. The Morgan fingerprint density at radius 3 is 1.42 bits per heavy atom. The molecule has 4 nitrogen and oxygen atoms in total. The summed E-state index contributed by atoms with van der Waals surface area (Å²) in [5.74, 6) is 0.523. The summed E-state index contributed by atoms with van der Waals surface area (Å²) in [5, 5.41) is 0. The highest BCUT2D eigenvalue weighted by Gasteiger charge is 2.38. The molecule has 0 aliphatic carbocycles. The molecular formula is C26H59ClNO3Si2+. The van der Waals surface area contributed by atoms with Gasteiger partial charge < -0.3 is 19.4 Å². The van der Waals surface area contributed by atoms with Gasteiger partial charge in [-0.2, -0.15) is 0 Å². The molecule has 0 heterocycles. The molecule has 2 unspecified atom stereocenters. The normalized spacial score (nSPS) is 14.3. The molecule has 33 heavy (non-hydrogen) atoms. The number of rotatable bonds is 23. The van der Waals surface area contributed by atoms with Crippen molar-refractivity contribution in [3.8, 4) is 0 Å². The quantitative estimate of drug-likeness (QED) is 0.0822. The Morgan fingerprint density at radius 2 is 1.06 bits per heavy atom. The molecule has 4 N–H and O–H groups in total. The zero-order chi connectivity index (χ0) is 23.4. The molecule has 0 amide bonds. The fourth-order valence-corrected chi connectivity index (χ4v) is 6.36. The first-order valence-electron chi connectivity index (χ1n) is 13.2. The number of halogens is 1. The molecule has 0 aliphatic rings. The monoisotopic (exact) mass is 524 g/mol. The lowest BCUT2D eigenvalue weighted by Crippen LogP contribution is -2.43. The lowest BCUT2D eigenvalue weighted by Gasteiger charge is -2.31. The number of quaternary nitrogens is 1. The summed E-state index contributed by atoms with van der Waals surface area (Å²) < 4.78 is 16.6. The van der Waals surface area contributed by atoms with Crippen LogP contribution < -0.4 is 6.15 Å². The summed E-state index contributed by atoms with van der Waals surface area (Å²) >= 11 is 6.90. The van der Waals surface area contributed by atoms with E-state index in [4.69, 9.17) is 24.9 Å². The van der Waals surface area contributed by atoms with Crippen LogP contribution in [0.15, 0.2) is 0 Å². The van der Waals surface area contributed by atoms with Crippen LogP contribution in [-0.2, 0) is 13.3 Å². The fraction of sp³-hybridized carbons (Fsp3) is 1.00. The van der Waals surface area contributed by atoms with Crippen molar-refractivity contribution < 1.29 is 13.3 Å². The van der Waals surface area contributed by atoms with Gasteiger partial charge in [-0.3, -0.25) is 0 Å².